The fourth-order valence-corrected chi connectivity index (χ4v) is 3.90. The summed E-state index contributed by atoms with van der Waals surface area (Å²) in [5.41, 5.74) is -0.323. The molecule has 0 aromatic carbocycles. The molecular formula is C14H20BrNOS. The quantitative estimate of drug-likeness (QED) is 0.835. The summed E-state index contributed by atoms with van der Waals surface area (Å²) in [6.07, 6.45) is 4.31. The second kappa shape index (κ2) is 5.85. The van der Waals surface area contributed by atoms with Gasteiger partial charge in [0.15, 0.2) is 5.78 Å². The predicted molar refractivity (Wildman–Crippen MR) is 80.2 cm³/mol. The summed E-state index contributed by atoms with van der Waals surface area (Å²) >= 11 is 5.09. The van der Waals surface area contributed by atoms with Crippen LogP contribution in [0, 0.1) is 0 Å². The van der Waals surface area contributed by atoms with Crippen LogP contribution in [0.25, 0.3) is 0 Å². The van der Waals surface area contributed by atoms with Gasteiger partial charge in [-0.15, -0.1) is 11.3 Å². The maximum atomic E-state index is 12.5. The number of carbonyl (C=O) groups excluding carboxylic acids is 1. The van der Waals surface area contributed by atoms with Crippen molar-refractivity contribution in [3.05, 3.63) is 20.8 Å². The molecule has 4 heteroatoms. The van der Waals surface area contributed by atoms with E-state index in [9.17, 15) is 4.79 Å². The van der Waals surface area contributed by atoms with Crippen molar-refractivity contribution < 1.29 is 4.79 Å². The fraction of sp³-hybridized carbons (Fsp3) is 0.643. The van der Waals surface area contributed by atoms with Gasteiger partial charge in [-0.3, -0.25) is 9.69 Å². The van der Waals surface area contributed by atoms with Crippen molar-refractivity contribution in [2.45, 2.75) is 45.1 Å². The van der Waals surface area contributed by atoms with Gasteiger partial charge in [0.05, 0.1) is 5.54 Å². The molecule has 0 aliphatic carbocycles. The molecular weight excluding hydrogens is 310 g/mol. The van der Waals surface area contributed by atoms with Crippen molar-refractivity contribution in [1.82, 2.24) is 4.90 Å². The maximum absolute atomic E-state index is 12.5. The van der Waals surface area contributed by atoms with E-state index in [2.05, 4.69) is 40.7 Å². The van der Waals surface area contributed by atoms with Crippen molar-refractivity contribution in [2.24, 2.45) is 0 Å². The molecule has 0 bridgehead atoms. The van der Waals surface area contributed by atoms with E-state index >= 15 is 0 Å². The Hall–Kier alpha value is -0.190. The minimum Gasteiger partial charge on any atom is -0.297 e. The molecule has 0 radical (unpaired) electrons. The van der Waals surface area contributed by atoms with Gasteiger partial charge >= 0.3 is 0 Å². The van der Waals surface area contributed by atoms with Gasteiger partial charge in [-0.2, -0.15) is 0 Å². The van der Waals surface area contributed by atoms with Gasteiger partial charge in [-0.05, 0) is 61.8 Å². The summed E-state index contributed by atoms with van der Waals surface area (Å²) in [6.45, 7) is 6.27. The lowest BCUT2D eigenvalue weighted by molar-refractivity contribution is -0.129. The van der Waals surface area contributed by atoms with Crippen molar-refractivity contribution in [3.63, 3.8) is 0 Å². The van der Waals surface area contributed by atoms with Crippen molar-refractivity contribution in [3.8, 4) is 0 Å². The third-order valence-electron chi connectivity index (χ3n) is 3.79. The molecule has 1 saturated heterocycles. The standard InChI is InChI=1S/C14H20BrNOS/c1-14(2,16-6-4-3-5-7-16)13(17)9-12-8-11(15)10-18-12/h8,10H,3-7,9H2,1-2H3. The third kappa shape index (κ3) is 3.22. The topological polar surface area (TPSA) is 20.3 Å². The first kappa shape index (κ1) is 14.2. The molecule has 0 spiro atoms. The van der Waals surface area contributed by atoms with Crippen LogP contribution in [0.3, 0.4) is 0 Å². The number of Topliss-reactive ketones (excluding diaryl/α,β-unsaturated/α-hetero) is 1. The Morgan fingerprint density at radius 1 is 1.39 bits per heavy atom. The van der Waals surface area contributed by atoms with Crippen LogP contribution in [0.5, 0.6) is 0 Å². The number of carbonyl (C=O) groups is 1. The summed E-state index contributed by atoms with van der Waals surface area (Å²) in [5, 5.41) is 2.04. The number of halogens is 1. The summed E-state index contributed by atoms with van der Waals surface area (Å²) in [7, 11) is 0. The molecule has 2 rings (SSSR count). The van der Waals surface area contributed by atoms with Crippen LogP contribution in [-0.2, 0) is 11.2 Å². The molecule has 0 saturated carbocycles. The average molecular weight is 330 g/mol. The van der Waals surface area contributed by atoms with Gasteiger partial charge < -0.3 is 0 Å². The Labute approximate surface area is 122 Å². The molecule has 1 aromatic rings. The van der Waals surface area contributed by atoms with E-state index in [-0.39, 0.29) is 5.54 Å². The van der Waals surface area contributed by atoms with Crippen LogP contribution >= 0.6 is 27.3 Å². The number of ketones is 1. The van der Waals surface area contributed by atoms with E-state index in [0.29, 0.717) is 12.2 Å². The largest absolute Gasteiger partial charge is 0.297 e. The second-order valence-electron chi connectivity index (χ2n) is 5.44. The Morgan fingerprint density at radius 3 is 2.61 bits per heavy atom. The highest BCUT2D eigenvalue weighted by Gasteiger charge is 2.34. The Morgan fingerprint density at radius 2 is 2.06 bits per heavy atom. The molecule has 1 aromatic heterocycles. The Kier molecular flexibility index (Phi) is 4.62. The zero-order valence-electron chi connectivity index (χ0n) is 11.0. The fourth-order valence-electron chi connectivity index (χ4n) is 2.45. The summed E-state index contributed by atoms with van der Waals surface area (Å²) in [6, 6.07) is 2.05. The van der Waals surface area contributed by atoms with E-state index in [4.69, 9.17) is 0 Å². The Bertz CT molecular complexity index is 421. The minimum absolute atomic E-state index is 0.323. The molecule has 18 heavy (non-hydrogen) atoms. The van der Waals surface area contributed by atoms with Gasteiger partial charge in [0.1, 0.15) is 0 Å². The van der Waals surface area contributed by atoms with Crippen LogP contribution in [-0.4, -0.2) is 29.3 Å². The highest BCUT2D eigenvalue weighted by atomic mass is 79.9. The first-order valence-corrected chi connectivity index (χ1v) is 8.18. The van der Waals surface area contributed by atoms with Crippen LogP contribution in [0.4, 0.5) is 0 Å². The zero-order valence-corrected chi connectivity index (χ0v) is 13.4. The van der Waals surface area contributed by atoms with Crippen LogP contribution in [0.2, 0.25) is 0 Å². The third-order valence-corrected chi connectivity index (χ3v) is 5.48. The monoisotopic (exact) mass is 329 g/mol. The van der Waals surface area contributed by atoms with Crippen LogP contribution in [0.15, 0.2) is 15.9 Å². The summed E-state index contributed by atoms with van der Waals surface area (Å²) in [5.74, 6) is 0.332. The normalized spacial score (nSPS) is 17.9. The van der Waals surface area contributed by atoms with Crippen molar-refractivity contribution in [2.75, 3.05) is 13.1 Å². The van der Waals surface area contributed by atoms with E-state index in [1.54, 1.807) is 11.3 Å². The first-order valence-electron chi connectivity index (χ1n) is 6.51. The van der Waals surface area contributed by atoms with Gasteiger partial charge in [0.2, 0.25) is 0 Å². The van der Waals surface area contributed by atoms with Crippen molar-refractivity contribution >= 4 is 33.0 Å². The van der Waals surface area contributed by atoms with Crippen LogP contribution < -0.4 is 0 Å². The molecule has 0 atom stereocenters. The van der Waals surface area contributed by atoms with E-state index < -0.39 is 0 Å². The molecule has 0 unspecified atom stereocenters. The molecule has 2 nitrogen and oxygen atoms in total. The maximum Gasteiger partial charge on any atom is 0.157 e. The molecule has 1 aliphatic heterocycles. The number of hydrogen-bond acceptors (Lipinski definition) is 3. The van der Waals surface area contributed by atoms with Crippen molar-refractivity contribution in [1.29, 1.82) is 0 Å². The van der Waals surface area contributed by atoms with E-state index in [1.165, 1.54) is 19.3 Å². The molecule has 100 valence electrons. The average Bonchev–Trinajstić information content (AvgIpc) is 2.76. The number of piperidine rings is 1. The second-order valence-corrected chi connectivity index (χ2v) is 7.35. The summed E-state index contributed by atoms with van der Waals surface area (Å²) in [4.78, 5) is 16.0. The lowest BCUT2D eigenvalue weighted by atomic mass is 9.91. The number of rotatable bonds is 4. The van der Waals surface area contributed by atoms with E-state index in [1.807, 2.05) is 5.38 Å². The smallest absolute Gasteiger partial charge is 0.157 e. The number of likely N-dealkylation sites (tertiary alicyclic amines) is 1. The van der Waals surface area contributed by atoms with Gasteiger partial charge in [-0.25, -0.2) is 0 Å². The number of hydrogen-bond donors (Lipinski definition) is 0. The van der Waals surface area contributed by atoms with Crippen LogP contribution in [0.1, 0.15) is 38.0 Å². The lowest BCUT2D eigenvalue weighted by Gasteiger charge is -2.39. The number of nitrogens with zero attached hydrogens (tertiary/aromatic N) is 1. The molecule has 2 heterocycles. The van der Waals surface area contributed by atoms with Gasteiger partial charge in [-0.1, -0.05) is 6.42 Å². The van der Waals surface area contributed by atoms with Gasteiger partial charge in [0, 0.05) is 21.2 Å². The summed E-state index contributed by atoms with van der Waals surface area (Å²) < 4.78 is 1.08. The number of thiophene rings is 1. The molecule has 1 fully saturated rings. The minimum atomic E-state index is -0.323. The molecule has 0 amide bonds. The lowest BCUT2D eigenvalue weighted by Crippen LogP contribution is -2.52. The first-order chi connectivity index (χ1) is 8.50. The van der Waals surface area contributed by atoms with E-state index in [0.717, 1.165) is 22.4 Å². The SMILES string of the molecule is CC(C)(C(=O)Cc1cc(Br)cs1)N1CCCCC1. The highest BCUT2D eigenvalue weighted by molar-refractivity contribution is 9.10. The molecule has 1 aliphatic rings. The Balaban J connectivity index is 2.02. The zero-order chi connectivity index (χ0) is 13.2. The predicted octanol–water partition coefficient (Wildman–Crippen LogP) is 3.89. The van der Waals surface area contributed by atoms with Gasteiger partial charge in [0.25, 0.3) is 0 Å². The highest BCUT2D eigenvalue weighted by Crippen LogP contribution is 2.26. The molecule has 0 N–H and O–H groups in total.